The summed E-state index contributed by atoms with van der Waals surface area (Å²) < 4.78 is 22.4. The highest BCUT2D eigenvalue weighted by molar-refractivity contribution is 7.97. The molecular weight excluding hydrogens is 224 g/mol. The molecule has 0 aliphatic rings. The number of aliphatic carboxylic acids is 2. The van der Waals surface area contributed by atoms with Gasteiger partial charge >= 0.3 is 11.9 Å². The van der Waals surface area contributed by atoms with Gasteiger partial charge in [-0.25, -0.2) is 18.0 Å². The Hall–Kier alpha value is -1.63. The van der Waals surface area contributed by atoms with Crippen LogP contribution in [0.5, 0.6) is 0 Å². The minimum atomic E-state index is -3.96. The molecule has 0 radical (unpaired) electrons. The molecule has 0 saturated heterocycles. The highest BCUT2D eigenvalue weighted by atomic mass is 32.2. The Kier molecular flexibility index (Phi) is 4.22. The van der Waals surface area contributed by atoms with Gasteiger partial charge in [-0.05, 0) is 13.8 Å². The highest BCUT2D eigenvalue weighted by Gasteiger charge is 2.11. The van der Waals surface area contributed by atoms with E-state index in [9.17, 15) is 18.0 Å². The quantitative estimate of drug-likeness (QED) is 0.680. The first kappa shape index (κ1) is 13.4. The Labute approximate surface area is 86.5 Å². The Morgan fingerprint density at radius 2 is 1.20 bits per heavy atom. The first-order chi connectivity index (χ1) is 6.65. The van der Waals surface area contributed by atoms with Gasteiger partial charge in [0, 0.05) is 22.0 Å². The number of carbonyl (C=O) groups is 2. The summed E-state index contributed by atoms with van der Waals surface area (Å²) in [5.74, 6) is -2.75. The molecule has 6 nitrogen and oxygen atoms in total. The number of hydrogen-bond acceptors (Lipinski definition) is 4. The largest absolute Gasteiger partial charge is 0.478 e. The topological polar surface area (TPSA) is 109 Å². The van der Waals surface area contributed by atoms with Crippen LogP contribution in [0.1, 0.15) is 13.8 Å². The second-order valence-corrected chi connectivity index (χ2v) is 4.45. The van der Waals surface area contributed by atoms with Crippen molar-refractivity contribution in [1.82, 2.24) is 0 Å². The number of carboxylic acids is 2. The summed E-state index contributed by atoms with van der Waals surface area (Å²) in [4.78, 5) is 20.7. The predicted molar refractivity (Wildman–Crippen MR) is 51.7 cm³/mol. The fraction of sp³-hybridized carbons (Fsp3) is 0.250. The SMILES string of the molecule is CC(=CS(=O)(=O)C=C(C)C(=O)O)C(=O)O. The third-order valence-electron chi connectivity index (χ3n) is 1.36. The summed E-state index contributed by atoms with van der Waals surface area (Å²) in [7, 11) is -3.96. The second-order valence-electron chi connectivity index (χ2n) is 2.80. The Morgan fingerprint density at radius 1 is 0.933 bits per heavy atom. The first-order valence-corrected chi connectivity index (χ1v) is 5.35. The van der Waals surface area contributed by atoms with E-state index in [0.29, 0.717) is 10.8 Å². The summed E-state index contributed by atoms with van der Waals surface area (Å²) in [5.41, 5.74) is -0.770. The van der Waals surface area contributed by atoms with Crippen LogP contribution in [0.3, 0.4) is 0 Å². The van der Waals surface area contributed by atoms with Crippen LogP contribution in [0.25, 0.3) is 0 Å². The normalized spacial score (nSPS) is 13.7. The molecule has 0 aliphatic heterocycles. The molecule has 0 atom stereocenters. The van der Waals surface area contributed by atoms with E-state index in [-0.39, 0.29) is 11.1 Å². The zero-order chi connectivity index (χ0) is 12.2. The third kappa shape index (κ3) is 4.96. The lowest BCUT2D eigenvalue weighted by Gasteiger charge is -1.95. The maximum Gasteiger partial charge on any atom is 0.331 e. The average Bonchev–Trinajstić information content (AvgIpc) is 2.01. The predicted octanol–water partition coefficient (Wildman–Crippen LogP) is 0.378. The van der Waals surface area contributed by atoms with Crippen molar-refractivity contribution in [3.05, 3.63) is 22.0 Å². The number of carboxylic acid groups (broad SMARTS) is 2. The van der Waals surface area contributed by atoms with Gasteiger partial charge in [-0.1, -0.05) is 0 Å². The molecule has 84 valence electrons. The minimum Gasteiger partial charge on any atom is -0.478 e. The van der Waals surface area contributed by atoms with Gasteiger partial charge in [0.1, 0.15) is 0 Å². The van der Waals surface area contributed by atoms with Crippen LogP contribution >= 0.6 is 0 Å². The third-order valence-corrected chi connectivity index (χ3v) is 2.72. The first-order valence-electron chi connectivity index (χ1n) is 3.74. The lowest BCUT2D eigenvalue weighted by Crippen LogP contribution is -2.03. The fourth-order valence-electron chi connectivity index (χ4n) is 0.628. The lowest BCUT2D eigenvalue weighted by molar-refractivity contribution is -0.133. The highest BCUT2D eigenvalue weighted by Crippen LogP contribution is 2.05. The lowest BCUT2D eigenvalue weighted by atomic mass is 10.4. The summed E-state index contributed by atoms with van der Waals surface area (Å²) in [6.45, 7) is 2.20. The maximum atomic E-state index is 11.2. The van der Waals surface area contributed by atoms with E-state index in [1.165, 1.54) is 0 Å². The van der Waals surface area contributed by atoms with Crippen molar-refractivity contribution in [2.24, 2.45) is 0 Å². The van der Waals surface area contributed by atoms with Gasteiger partial charge in [-0.15, -0.1) is 0 Å². The fourth-order valence-corrected chi connectivity index (χ4v) is 1.88. The van der Waals surface area contributed by atoms with Gasteiger partial charge in [0.25, 0.3) is 0 Å². The zero-order valence-corrected chi connectivity index (χ0v) is 8.91. The van der Waals surface area contributed by atoms with Crippen LogP contribution in [0.2, 0.25) is 0 Å². The molecule has 2 N–H and O–H groups in total. The molecule has 0 amide bonds. The summed E-state index contributed by atoms with van der Waals surface area (Å²) >= 11 is 0. The van der Waals surface area contributed by atoms with Crippen molar-refractivity contribution in [3.63, 3.8) is 0 Å². The molecule has 0 aromatic heterocycles. The molecule has 0 aromatic rings. The van der Waals surface area contributed by atoms with E-state index in [4.69, 9.17) is 10.2 Å². The van der Waals surface area contributed by atoms with E-state index in [1.54, 1.807) is 0 Å². The summed E-state index contributed by atoms with van der Waals surface area (Å²) in [5, 5.41) is 17.8. The molecule has 0 fully saturated rings. The molecule has 0 bridgehead atoms. The van der Waals surface area contributed by atoms with Crippen molar-refractivity contribution < 1.29 is 28.2 Å². The summed E-state index contributed by atoms with van der Waals surface area (Å²) in [6, 6.07) is 0. The van der Waals surface area contributed by atoms with Crippen LogP contribution in [0.4, 0.5) is 0 Å². The van der Waals surface area contributed by atoms with E-state index >= 15 is 0 Å². The monoisotopic (exact) mass is 234 g/mol. The van der Waals surface area contributed by atoms with Gasteiger partial charge in [-0.2, -0.15) is 0 Å². The van der Waals surface area contributed by atoms with Gasteiger partial charge in [0.2, 0.25) is 0 Å². The number of hydrogen-bond donors (Lipinski definition) is 2. The zero-order valence-electron chi connectivity index (χ0n) is 8.09. The van der Waals surface area contributed by atoms with Gasteiger partial charge in [0.15, 0.2) is 9.84 Å². The van der Waals surface area contributed by atoms with Gasteiger partial charge in [-0.3, -0.25) is 0 Å². The van der Waals surface area contributed by atoms with Crippen LogP contribution < -0.4 is 0 Å². The van der Waals surface area contributed by atoms with Crippen molar-refractivity contribution in [1.29, 1.82) is 0 Å². The molecule has 15 heavy (non-hydrogen) atoms. The van der Waals surface area contributed by atoms with Crippen LogP contribution in [-0.4, -0.2) is 30.6 Å². The summed E-state index contributed by atoms with van der Waals surface area (Å²) in [6.07, 6.45) is 0. The standard InChI is InChI=1S/C8H10O6S/c1-5(7(9)10)3-15(13,14)4-6(2)8(11)12/h3-4H,1-2H3,(H,9,10)(H,11,12). The molecular formula is C8H10O6S. The molecule has 0 saturated carbocycles. The maximum absolute atomic E-state index is 11.2. The van der Waals surface area contributed by atoms with Crippen LogP contribution in [0.15, 0.2) is 22.0 Å². The Morgan fingerprint density at radius 3 is 1.40 bits per heavy atom. The molecule has 0 aliphatic carbocycles. The Bertz CT molecular complexity index is 404. The molecule has 0 unspecified atom stereocenters. The minimum absolute atomic E-state index is 0.385. The van der Waals surface area contributed by atoms with Crippen LogP contribution in [0, 0.1) is 0 Å². The van der Waals surface area contributed by atoms with E-state index < -0.39 is 21.8 Å². The van der Waals surface area contributed by atoms with E-state index in [2.05, 4.69) is 0 Å². The van der Waals surface area contributed by atoms with E-state index in [0.717, 1.165) is 13.8 Å². The van der Waals surface area contributed by atoms with Crippen molar-refractivity contribution in [3.8, 4) is 0 Å². The molecule has 0 spiro atoms. The molecule has 0 aromatic carbocycles. The second kappa shape index (κ2) is 4.74. The molecule has 0 rings (SSSR count). The number of sulfone groups is 1. The van der Waals surface area contributed by atoms with Crippen molar-refractivity contribution in [2.45, 2.75) is 13.8 Å². The van der Waals surface area contributed by atoms with Gasteiger partial charge < -0.3 is 10.2 Å². The average molecular weight is 234 g/mol. The molecule has 0 heterocycles. The smallest absolute Gasteiger partial charge is 0.331 e. The molecule has 7 heteroatoms. The van der Waals surface area contributed by atoms with Crippen molar-refractivity contribution >= 4 is 21.8 Å². The van der Waals surface area contributed by atoms with Crippen LogP contribution in [-0.2, 0) is 19.4 Å². The number of rotatable bonds is 4. The van der Waals surface area contributed by atoms with Crippen molar-refractivity contribution in [2.75, 3.05) is 0 Å². The Balaban J connectivity index is 5.21. The van der Waals surface area contributed by atoms with Gasteiger partial charge in [0.05, 0.1) is 0 Å². The van der Waals surface area contributed by atoms with E-state index in [1.807, 2.05) is 0 Å².